The molecule has 0 saturated carbocycles. The van der Waals surface area contributed by atoms with E-state index in [4.69, 9.17) is 9.15 Å². The highest BCUT2D eigenvalue weighted by Crippen LogP contribution is 2.43. The number of carbonyl (C=O) groups is 3. The van der Waals surface area contributed by atoms with Crippen LogP contribution >= 0.6 is 11.3 Å². The molecule has 1 unspecified atom stereocenters. The topological polar surface area (TPSA) is 123 Å². The van der Waals surface area contributed by atoms with Crippen LogP contribution in [-0.2, 0) is 9.53 Å². The monoisotopic (exact) mass is 489 g/mol. The zero-order valence-corrected chi connectivity index (χ0v) is 19.5. The number of amides is 1. The van der Waals surface area contributed by atoms with Crippen molar-refractivity contribution >= 4 is 45.1 Å². The smallest absolute Gasteiger partial charge is 0.350 e. The quantitative estimate of drug-likeness (QED) is 0.309. The molecule has 3 aromatic heterocycles. The molecule has 0 radical (unpaired) electrons. The van der Waals surface area contributed by atoms with Crippen molar-refractivity contribution in [3.63, 3.8) is 0 Å². The van der Waals surface area contributed by atoms with Gasteiger partial charge in [-0.3, -0.25) is 19.5 Å². The number of aromatic nitrogens is 2. The number of hydrogen-bond acceptors (Lipinski definition) is 9. The maximum absolute atomic E-state index is 13.6. The van der Waals surface area contributed by atoms with Gasteiger partial charge in [-0.25, -0.2) is 9.78 Å². The van der Waals surface area contributed by atoms with E-state index >= 15 is 0 Å². The summed E-state index contributed by atoms with van der Waals surface area (Å²) < 4.78 is 10.8. The van der Waals surface area contributed by atoms with Crippen LogP contribution in [-0.4, -0.2) is 39.3 Å². The van der Waals surface area contributed by atoms with Gasteiger partial charge >= 0.3 is 5.97 Å². The first-order valence-corrected chi connectivity index (χ1v) is 11.6. The van der Waals surface area contributed by atoms with E-state index in [2.05, 4.69) is 9.97 Å². The van der Waals surface area contributed by atoms with Crippen LogP contribution < -0.4 is 4.90 Å². The van der Waals surface area contributed by atoms with Gasteiger partial charge in [-0.1, -0.05) is 35.6 Å². The molecular formula is C25H19N3O6S. The Morgan fingerprint density at radius 2 is 2.03 bits per heavy atom. The number of ether oxygens (including phenoxy) is 1. The standard InChI is InChI=1S/C25H19N3O6S/c1-3-33-24(32)22-13(2)27-25(35-22)28-19(15-8-6-10-26-12-15)18(21(30)23(28)31)20(29)17-11-14-7-4-5-9-16(14)34-17/h4-12,19,30H,3H2,1-2H3. The second-order valence-electron chi connectivity index (χ2n) is 7.74. The van der Waals surface area contributed by atoms with Crippen LogP contribution in [0.4, 0.5) is 5.13 Å². The molecule has 1 N–H and O–H groups in total. The Bertz CT molecular complexity index is 1470. The van der Waals surface area contributed by atoms with Crippen molar-refractivity contribution in [2.45, 2.75) is 19.9 Å². The third kappa shape index (κ3) is 3.77. The van der Waals surface area contributed by atoms with E-state index in [1.165, 1.54) is 11.1 Å². The number of furan rings is 1. The Kier molecular flexibility index (Phi) is 5.65. The summed E-state index contributed by atoms with van der Waals surface area (Å²) in [6.07, 6.45) is 3.06. The molecule has 5 rings (SSSR count). The molecule has 35 heavy (non-hydrogen) atoms. The van der Waals surface area contributed by atoms with Gasteiger partial charge in [0.05, 0.1) is 23.9 Å². The summed E-state index contributed by atoms with van der Waals surface area (Å²) in [4.78, 5) is 49.2. The summed E-state index contributed by atoms with van der Waals surface area (Å²) in [7, 11) is 0. The third-order valence-electron chi connectivity index (χ3n) is 5.55. The van der Waals surface area contributed by atoms with Crippen LogP contribution in [0, 0.1) is 6.92 Å². The number of pyridine rings is 1. The molecule has 0 bridgehead atoms. The lowest BCUT2D eigenvalue weighted by molar-refractivity contribution is -0.117. The van der Waals surface area contributed by atoms with Gasteiger partial charge in [0.25, 0.3) is 5.91 Å². The molecule has 0 saturated heterocycles. The van der Waals surface area contributed by atoms with Crippen LogP contribution in [0.15, 0.2) is 70.6 Å². The van der Waals surface area contributed by atoms with E-state index in [-0.39, 0.29) is 27.9 Å². The summed E-state index contributed by atoms with van der Waals surface area (Å²) in [5.41, 5.74) is 1.20. The van der Waals surface area contributed by atoms with E-state index in [9.17, 15) is 19.5 Å². The number of aliphatic hydroxyl groups excluding tert-OH is 1. The largest absolute Gasteiger partial charge is 0.503 e. The molecule has 4 heterocycles. The zero-order chi connectivity index (χ0) is 24.7. The van der Waals surface area contributed by atoms with Gasteiger partial charge in [0.2, 0.25) is 5.78 Å². The molecule has 0 aliphatic carbocycles. The molecule has 10 heteroatoms. The number of anilines is 1. The minimum Gasteiger partial charge on any atom is -0.503 e. The van der Waals surface area contributed by atoms with Crippen molar-refractivity contribution in [1.29, 1.82) is 0 Å². The Hall–Kier alpha value is -4.31. The molecule has 0 fully saturated rings. The molecule has 1 aliphatic rings. The lowest BCUT2D eigenvalue weighted by atomic mass is 9.96. The average molecular weight is 490 g/mol. The van der Waals surface area contributed by atoms with Crippen LogP contribution in [0.3, 0.4) is 0 Å². The number of aliphatic hydroxyl groups is 1. The number of Topliss-reactive ketones (excluding diaryl/α,β-unsaturated/α-hetero) is 1. The molecule has 1 amide bonds. The fraction of sp³-hybridized carbons (Fsp3) is 0.160. The molecule has 0 spiro atoms. The number of ketones is 1. The number of para-hydroxylation sites is 1. The number of aryl methyl sites for hydroxylation is 1. The van der Waals surface area contributed by atoms with Gasteiger partial charge in [-0.05, 0) is 37.6 Å². The first kappa shape index (κ1) is 22.5. The second-order valence-corrected chi connectivity index (χ2v) is 8.71. The third-order valence-corrected chi connectivity index (χ3v) is 6.69. The fourth-order valence-corrected chi connectivity index (χ4v) is 4.97. The first-order chi connectivity index (χ1) is 16.9. The summed E-state index contributed by atoms with van der Waals surface area (Å²) in [5.74, 6) is -2.74. The molecule has 4 aromatic rings. The Morgan fingerprint density at radius 1 is 1.23 bits per heavy atom. The Morgan fingerprint density at radius 3 is 2.74 bits per heavy atom. The summed E-state index contributed by atoms with van der Waals surface area (Å²) >= 11 is 0.949. The molecule has 9 nitrogen and oxygen atoms in total. The van der Waals surface area contributed by atoms with Crippen molar-refractivity contribution in [2.24, 2.45) is 0 Å². The fourth-order valence-electron chi connectivity index (χ4n) is 3.99. The summed E-state index contributed by atoms with van der Waals surface area (Å²) in [5, 5.41) is 11.7. The summed E-state index contributed by atoms with van der Waals surface area (Å²) in [6, 6.07) is 11.0. The lowest BCUT2D eigenvalue weighted by Gasteiger charge is -2.23. The zero-order valence-electron chi connectivity index (χ0n) is 18.7. The van der Waals surface area contributed by atoms with Gasteiger partial charge in [-0.2, -0.15) is 0 Å². The number of hydrogen-bond donors (Lipinski definition) is 1. The minimum atomic E-state index is -1.03. The normalized spacial score (nSPS) is 15.8. The van der Waals surface area contributed by atoms with Crippen LogP contribution in [0.5, 0.6) is 0 Å². The molecule has 1 atom stereocenters. The van der Waals surface area contributed by atoms with Crippen LogP contribution in [0.1, 0.15) is 44.4 Å². The number of carbonyl (C=O) groups excluding carboxylic acids is 3. The SMILES string of the molecule is CCOC(=O)c1sc(N2C(=O)C(O)=C(C(=O)c3cc4ccccc4o3)C2c2cccnc2)nc1C. The van der Waals surface area contributed by atoms with E-state index in [0.29, 0.717) is 22.2 Å². The minimum absolute atomic E-state index is 0.0150. The van der Waals surface area contributed by atoms with Crippen molar-refractivity contribution < 1.29 is 28.6 Å². The van der Waals surface area contributed by atoms with Gasteiger partial charge in [0.15, 0.2) is 16.7 Å². The maximum Gasteiger partial charge on any atom is 0.350 e. The highest BCUT2D eigenvalue weighted by Gasteiger charge is 2.47. The van der Waals surface area contributed by atoms with Crippen LogP contribution in [0.2, 0.25) is 0 Å². The summed E-state index contributed by atoms with van der Waals surface area (Å²) in [6.45, 7) is 3.50. The lowest BCUT2D eigenvalue weighted by Crippen LogP contribution is -2.31. The number of esters is 1. The van der Waals surface area contributed by atoms with E-state index in [1.807, 2.05) is 6.07 Å². The maximum atomic E-state index is 13.6. The van der Waals surface area contributed by atoms with Gasteiger partial charge in [0.1, 0.15) is 10.5 Å². The van der Waals surface area contributed by atoms with E-state index in [1.54, 1.807) is 56.4 Å². The van der Waals surface area contributed by atoms with Crippen molar-refractivity contribution in [2.75, 3.05) is 11.5 Å². The van der Waals surface area contributed by atoms with E-state index in [0.717, 1.165) is 11.3 Å². The predicted molar refractivity (Wildman–Crippen MR) is 127 cm³/mol. The number of thiazole rings is 1. The molecule has 1 aromatic carbocycles. The van der Waals surface area contributed by atoms with Gasteiger partial charge in [0, 0.05) is 17.8 Å². The molecular weight excluding hydrogens is 470 g/mol. The van der Waals surface area contributed by atoms with Gasteiger partial charge < -0.3 is 14.3 Å². The molecule has 176 valence electrons. The number of fused-ring (bicyclic) bond motifs is 1. The van der Waals surface area contributed by atoms with Crippen molar-refractivity contribution in [1.82, 2.24) is 9.97 Å². The molecule has 1 aliphatic heterocycles. The van der Waals surface area contributed by atoms with Crippen molar-refractivity contribution in [3.05, 3.63) is 88.1 Å². The van der Waals surface area contributed by atoms with Crippen LogP contribution in [0.25, 0.3) is 11.0 Å². The predicted octanol–water partition coefficient (Wildman–Crippen LogP) is 4.55. The number of rotatable bonds is 6. The highest BCUT2D eigenvalue weighted by molar-refractivity contribution is 7.17. The van der Waals surface area contributed by atoms with Crippen molar-refractivity contribution in [3.8, 4) is 0 Å². The Labute approximate surface area is 203 Å². The number of nitrogens with zero attached hydrogens (tertiary/aromatic N) is 3. The van der Waals surface area contributed by atoms with E-state index < -0.39 is 29.5 Å². The highest BCUT2D eigenvalue weighted by atomic mass is 32.1. The first-order valence-electron chi connectivity index (χ1n) is 10.7. The average Bonchev–Trinajstić information content (AvgIpc) is 3.53. The number of benzene rings is 1. The Balaban J connectivity index is 1.62. The second kappa shape index (κ2) is 8.80. The van der Waals surface area contributed by atoms with Gasteiger partial charge in [-0.15, -0.1) is 0 Å².